The summed E-state index contributed by atoms with van der Waals surface area (Å²) in [4.78, 5) is 0. The van der Waals surface area contributed by atoms with E-state index in [2.05, 4.69) is 27.7 Å². The maximum absolute atomic E-state index is 5.75. The molecule has 0 amide bonds. The third-order valence-electron chi connectivity index (χ3n) is 2.73. The van der Waals surface area contributed by atoms with E-state index in [1.54, 1.807) is 0 Å². The Kier molecular flexibility index (Phi) is 1.06. The van der Waals surface area contributed by atoms with Crippen molar-refractivity contribution in [3.8, 4) is 0 Å². The standard InChI is InChI=1S/C9H14O2/c1-8(2)9(3,4)11-7-5-6(7)10-8/h5-6H,1-4H3. The van der Waals surface area contributed by atoms with E-state index >= 15 is 0 Å². The predicted molar refractivity (Wildman–Crippen MR) is 42.2 cm³/mol. The van der Waals surface area contributed by atoms with Crippen molar-refractivity contribution in [1.82, 2.24) is 0 Å². The van der Waals surface area contributed by atoms with Crippen LogP contribution in [0.25, 0.3) is 0 Å². The largest absolute Gasteiger partial charge is 0.486 e. The van der Waals surface area contributed by atoms with Crippen molar-refractivity contribution in [1.29, 1.82) is 0 Å². The van der Waals surface area contributed by atoms with Crippen LogP contribution < -0.4 is 0 Å². The van der Waals surface area contributed by atoms with Gasteiger partial charge in [-0.3, -0.25) is 0 Å². The van der Waals surface area contributed by atoms with Crippen LogP contribution in [0.4, 0.5) is 0 Å². The summed E-state index contributed by atoms with van der Waals surface area (Å²) >= 11 is 0. The van der Waals surface area contributed by atoms with Crippen LogP contribution in [-0.2, 0) is 9.47 Å². The molecule has 0 aromatic rings. The van der Waals surface area contributed by atoms with E-state index in [0.29, 0.717) is 0 Å². The fourth-order valence-corrected chi connectivity index (χ4v) is 1.16. The van der Waals surface area contributed by atoms with Crippen molar-refractivity contribution >= 4 is 0 Å². The lowest BCUT2D eigenvalue weighted by atomic mass is 9.88. The van der Waals surface area contributed by atoms with Gasteiger partial charge in [-0.25, -0.2) is 0 Å². The van der Waals surface area contributed by atoms with E-state index in [-0.39, 0.29) is 17.3 Å². The Balaban J connectivity index is 2.23. The zero-order valence-electron chi connectivity index (χ0n) is 7.47. The first-order valence-corrected chi connectivity index (χ1v) is 4.01. The molecule has 0 saturated carbocycles. The first-order chi connectivity index (χ1) is 4.92. The van der Waals surface area contributed by atoms with Crippen LogP contribution in [0, 0.1) is 0 Å². The summed E-state index contributed by atoms with van der Waals surface area (Å²) in [6, 6.07) is 0. The van der Waals surface area contributed by atoms with Crippen LogP contribution in [0.2, 0.25) is 0 Å². The van der Waals surface area contributed by atoms with Crippen molar-refractivity contribution in [3.63, 3.8) is 0 Å². The zero-order valence-corrected chi connectivity index (χ0v) is 7.47. The molecular formula is C9H14O2. The van der Waals surface area contributed by atoms with E-state index in [1.165, 1.54) is 0 Å². The van der Waals surface area contributed by atoms with Crippen molar-refractivity contribution in [2.24, 2.45) is 0 Å². The summed E-state index contributed by atoms with van der Waals surface area (Å²) in [5.41, 5.74) is -0.389. The Morgan fingerprint density at radius 3 is 2.36 bits per heavy atom. The maximum Gasteiger partial charge on any atom is 0.137 e. The summed E-state index contributed by atoms with van der Waals surface area (Å²) in [5.74, 6) is 1.01. The lowest BCUT2D eigenvalue weighted by molar-refractivity contribution is -0.200. The van der Waals surface area contributed by atoms with E-state index < -0.39 is 0 Å². The highest BCUT2D eigenvalue weighted by atomic mass is 16.6. The van der Waals surface area contributed by atoms with Gasteiger partial charge in [-0.1, -0.05) is 0 Å². The second kappa shape index (κ2) is 1.63. The first-order valence-electron chi connectivity index (χ1n) is 4.01. The molecule has 62 valence electrons. The second-order valence-corrected chi connectivity index (χ2v) is 4.23. The SMILES string of the molecule is CC1(C)OC2=CC2OC1(C)C. The maximum atomic E-state index is 5.75. The molecule has 0 bridgehead atoms. The van der Waals surface area contributed by atoms with Gasteiger partial charge in [0, 0.05) is 0 Å². The molecule has 1 aliphatic heterocycles. The number of ether oxygens (including phenoxy) is 2. The number of hydrogen-bond acceptors (Lipinski definition) is 2. The van der Waals surface area contributed by atoms with Crippen molar-refractivity contribution < 1.29 is 9.47 Å². The van der Waals surface area contributed by atoms with Gasteiger partial charge in [-0.2, -0.15) is 0 Å². The fourth-order valence-electron chi connectivity index (χ4n) is 1.16. The van der Waals surface area contributed by atoms with Gasteiger partial charge in [0.1, 0.15) is 23.1 Å². The average molecular weight is 154 g/mol. The van der Waals surface area contributed by atoms with E-state index in [1.807, 2.05) is 6.08 Å². The van der Waals surface area contributed by atoms with Gasteiger partial charge >= 0.3 is 0 Å². The highest BCUT2D eigenvalue weighted by molar-refractivity contribution is 5.30. The van der Waals surface area contributed by atoms with Gasteiger partial charge < -0.3 is 9.47 Å². The third-order valence-corrected chi connectivity index (χ3v) is 2.73. The molecule has 0 aromatic heterocycles. The fraction of sp³-hybridized carbons (Fsp3) is 0.778. The minimum atomic E-state index is -0.203. The highest BCUT2D eigenvalue weighted by Gasteiger charge is 2.51. The number of hydrogen-bond donors (Lipinski definition) is 0. The molecule has 11 heavy (non-hydrogen) atoms. The summed E-state index contributed by atoms with van der Waals surface area (Å²) in [6.45, 7) is 8.25. The lowest BCUT2D eigenvalue weighted by Gasteiger charge is -2.44. The highest BCUT2D eigenvalue weighted by Crippen LogP contribution is 2.45. The van der Waals surface area contributed by atoms with Gasteiger partial charge in [0.05, 0.1) is 0 Å². The second-order valence-electron chi connectivity index (χ2n) is 4.23. The monoisotopic (exact) mass is 154 g/mol. The van der Waals surface area contributed by atoms with Crippen molar-refractivity contribution in [2.45, 2.75) is 45.0 Å². The Morgan fingerprint density at radius 2 is 1.82 bits per heavy atom. The molecule has 1 atom stereocenters. The Labute approximate surface area is 67.2 Å². The molecule has 2 aliphatic rings. The molecule has 0 radical (unpaired) electrons. The third kappa shape index (κ3) is 0.890. The van der Waals surface area contributed by atoms with E-state index in [4.69, 9.17) is 9.47 Å². The van der Waals surface area contributed by atoms with Crippen LogP contribution in [0.3, 0.4) is 0 Å². The minimum Gasteiger partial charge on any atom is -0.486 e. The average Bonchev–Trinajstić information content (AvgIpc) is 2.42. The topological polar surface area (TPSA) is 18.5 Å². The van der Waals surface area contributed by atoms with E-state index in [9.17, 15) is 0 Å². The molecule has 1 aliphatic carbocycles. The molecule has 1 saturated heterocycles. The minimum absolute atomic E-state index is 0.179. The summed E-state index contributed by atoms with van der Waals surface area (Å²) in [7, 11) is 0. The van der Waals surface area contributed by atoms with Crippen molar-refractivity contribution in [2.75, 3.05) is 0 Å². The quantitative estimate of drug-likeness (QED) is 0.530. The smallest absolute Gasteiger partial charge is 0.137 e. The Hall–Kier alpha value is -0.500. The molecule has 1 fully saturated rings. The van der Waals surface area contributed by atoms with Gasteiger partial charge in [0.15, 0.2) is 0 Å². The summed E-state index contributed by atoms with van der Waals surface area (Å²) in [5, 5.41) is 0. The van der Waals surface area contributed by atoms with Gasteiger partial charge in [-0.15, -0.1) is 0 Å². The molecule has 1 unspecified atom stereocenters. The molecule has 0 N–H and O–H groups in total. The van der Waals surface area contributed by atoms with Crippen LogP contribution in [-0.4, -0.2) is 17.3 Å². The molecule has 2 heteroatoms. The summed E-state index contributed by atoms with van der Waals surface area (Å²) in [6.07, 6.45) is 2.19. The Morgan fingerprint density at radius 1 is 1.18 bits per heavy atom. The van der Waals surface area contributed by atoms with Gasteiger partial charge in [-0.05, 0) is 33.8 Å². The van der Waals surface area contributed by atoms with Crippen LogP contribution in [0.1, 0.15) is 27.7 Å². The van der Waals surface area contributed by atoms with Gasteiger partial charge in [0.2, 0.25) is 0 Å². The van der Waals surface area contributed by atoms with Gasteiger partial charge in [0.25, 0.3) is 0 Å². The van der Waals surface area contributed by atoms with Crippen molar-refractivity contribution in [3.05, 3.63) is 11.8 Å². The molecule has 2 rings (SSSR count). The predicted octanol–water partition coefficient (Wildman–Crippen LogP) is 1.86. The normalized spacial score (nSPS) is 36.7. The first kappa shape index (κ1) is 7.17. The van der Waals surface area contributed by atoms with Crippen LogP contribution >= 0.6 is 0 Å². The Bertz CT molecular complexity index is 226. The molecule has 2 nitrogen and oxygen atoms in total. The molecular weight excluding hydrogens is 140 g/mol. The van der Waals surface area contributed by atoms with E-state index in [0.717, 1.165) is 5.76 Å². The lowest BCUT2D eigenvalue weighted by Crippen LogP contribution is -2.52. The summed E-state index contributed by atoms with van der Waals surface area (Å²) < 4.78 is 11.4. The number of fused-ring (bicyclic) bond motifs is 1. The van der Waals surface area contributed by atoms with Crippen LogP contribution in [0.5, 0.6) is 0 Å². The molecule has 1 heterocycles. The molecule has 0 aromatic carbocycles. The molecule has 0 spiro atoms. The zero-order chi connectivity index (χ0) is 8.28. The van der Waals surface area contributed by atoms with Crippen LogP contribution in [0.15, 0.2) is 11.8 Å². The number of rotatable bonds is 0.